The average molecular weight is 493 g/mol. The van der Waals surface area contributed by atoms with Crippen LogP contribution in [0.4, 0.5) is 0 Å². The first-order valence-electron chi connectivity index (χ1n) is 10.6. The van der Waals surface area contributed by atoms with Crippen molar-refractivity contribution in [2.45, 2.75) is 46.1 Å². The smallest absolute Gasteiger partial charge is 0.332 e. The summed E-state index contributed by atoms with van der Waals surface area (Å²) in [5.74, 6) is 1.42. The van der Waals surface area contributed by atoms with E-state index in [2.05, 4.69) is 34.8 Å². The predicted molar refractivity (Wildman–Crippen MR) is 124 cm³/mol. The second kappa shape index (κ2) is 10.2. The van der Waals surface area contributed by atoms with Gasteiger partial charge < -0.3 is 14.0 Å². The molecule has 0 unspecified atom stereocenters. The number of halogens is 1. The van der Waals surface area contributed by atoms with Gasteiger partial charge in [-0.15, -0.1) is 0 Å². The zero-order valence-corrected chi connectivity index (χ0v) is 20.1. The molecule has 0 bridgehead atoms. The van der Waals surface area contributed by atoms with E-state index >= 15 is 0 Å². The Morgan fingerprint density at radius 2 is 1.61 bits per heavy atom. The summed E-state index contributed by atoms with van der Waals surface area (Å²) < 4.78 is 16.6. The molecule has 3 rings (SSSR count). The number of ether oxygens (including phenoxy) is 2. The van der Waals surface area contributed by atoms with Gasteiger partial charge in [0.15, 0.2) is 27.4 Å². The van der Waals surface area contributed by atoms with Crippen molar-refractivity contribution in [2.75, 3.05) is 13.2 Å². The molecule has 0 atom stereocenters. The second-order valence-corrected chi connectivity index (χ2v) is 8.24. The van der Waals surface area contributed by atoms with Gasteiger partial charge in [0.1, 0.15) is 0 Å². The third-order valence-electron chi connectivity index (χ3n) is 5.16. The van der Waals surface area contributed by atoms with Crippen molar-refractivity contribution in [3.63, 3.8) is 0 Å². The summed E-state index contributed by atoms with van der Waals surface area (Å²) in [5.41, 5.74) is 0.863. The van der Waals surface area contributed by atoms with Crippen LogP contribution in [-0.4, -0.2) is 31.9 Å². The number of unbranched alkanes of at least 4 members (excludes halogenated alkanes) is 2. The molecule has 2 heterocycles. The molecule has 168 valence electrons. The molecule has 0 N–H and O–H groups in total. The minimum absolute atomic E-state index is 0.346. The molecular weight excluding hydrogens is 464 g/mol. The van der Waals surface area contributed by atoms with Crippen molar-refractivity contribution < 1.29 is 9.47 Å². The molecule has 0 spiro atoms. The SMILES string of the molecule is CCCCOc1ccc(Cn2c(Br)nc3c2c(=O)n(C)c(=O)n3C)cc1OCCCC. The van der Waals surface area contributed by atoms with Gasteiger partial charge in [0, 0.05) is 14.1 Å². The van der Waals surface area contributed by atoms with Crippen LogP contribution in [0.1, 0.15) is 45.1 Å². The Morgan fingerprint density at radius 3 is 2.26 bits per heavy atom. The van der Waals surface area contributed by atoms with Crippen molar-refractivity contribution in [3.05, 3.63) is 49.3 Å². The number of hydrogen-bond donors (Lipinski definition) is 0. The number of fused-ring (bicyclic) bond motifs is 1. The van der Waals surface area contributed by atoms with Crippen LogP contribution in [-0.2, 0) is 20.6 Å². The highest BCUT2D eigenvalue weighted by molar-refractivity contribution is 9.10. The Kier molecular flexibility index (Phi) is 7.59. The molecule has 0 aliphatic rings. The number of hydrogen-bond acceptors (Lipinski definition) is 5. The van der Waals surface area contributed by atoms with Gasteiger partial charge in [-0.1, -0.05) is 32.8 Å². The Balaban J connectivity index is 1.99. The van der Waals surface area contributed by atoms with Crippen molar-refractivity contribution in [3.8, 4) is 11.5 Å². The molecule has 0 amide bonds. The minimum Gasteiger partial charge on any atom is -0.490 e. The van der Waals surface area contributed by atoms with Gasteiger partial charge >= 0.3 is 5.69 Å². The van der Waals surface area contributed by atoms with Gasteiger partial charge in [-0.25, -0.2) is 9.78 Å². The first kappa shape index (κ1) is 23.1. The number of nitrogens with zero attached hydrogens (tertiary/aromatic N) is 4. The van der Waals surface area contributed by atoms with E-state index in [1.54, 1.807) is 11.6 Å². The fraction of sp³-hybridized carbons (Fsp3) is 0.500. The highest BCUT2D eigenvalue weighted by Gasteiger charge is 2.18. The van der Waals surface area contributed by atoms with Crippen molar-refractivity contribution in [1.29, 1.82) is 0 Å². The number of aromatic nitrogens is 4. The molecule has 9 heteroatoms. The lowest BCUT2D eigenvalue weighted by molar-refractivity contribution is 0.261. The molecule has 2 aromatic heterocycles. The second-order valence-electron chi connectivity index (χ2n) is 7.53. The predicted octanol–water partition coefficient (Wildman–Crippen LogP) is 3.60. The van der Waals surface area contributed by atoms with Crippen LogP contribution in [0.2, 0.25) is 0 Å². The molecule has 0 aliphatic heterocycles. The van der Waals surface area contributed by atoms with Crippen LogP contribution >= 0.6 is 15.9 Å². The van der Waals surface area contributed by atoms with Crippen molar-refractivity contribution >= 4 is 27.1 Å². The maximum absolute atomic E-state index is 12.8. The highest BCUT2D eigenvalue weighted by atomic mass is 79.9. The fourth-order valence-electron chi connectivity index (χ4n) is 3.28. The van der Waals surface area contributed by atoms with Gasteiger partial charge in [-0.3, -0.25) is 13.9 Å². The molecule has 31 heavy (non-hydrogen) atoms. The zero-order chi connectivity index (χ0) is 22.5. The summed E-state index contributed by atoms with van der Waals surface area (Å²) in [6.45, 7) is 5.89. The quantitative estimate of drug-likeness (QED) is 0.319. The number of rotatable bonds is 10. The van der Waals surface area contributed by atoms with E-state index in [1.807, 2.05) is 18.2 Å². The molecule has 1 aromatic carbocycles. The Labute approximate surface area is 189 Å². The molecule has 0 aliphatic carbocycles. The zero-order valence-electron chi connectivity index (χ0n) is 18.5. The van der Waals surface area contributed by atoms with Crippen molar-refractivity contribution in [2.24, 2.45) is 14.1 Å². The first-order chi connectivity index (χ1) is 14.9. The van der Waals surface area contributed by atoms with Crippen LogP contribution in [0, 0.1) is 0 Å². The first-order valence-corrected chi connectivity index (χ1v) is 11.4. The van der Waals surface area contributed by atoms with Gasteiger partial charge in [-0.05, 0) is 46.5 Å². The molecule has 0 saturated heterocycles. The van der Waals surface area contributed by atoms with Crippen LogP contribution in [0.25, 0.3) is 11.2 Å². The molecule has 0 fully saturated rings. The van der Waals surface area contributed by atoms with Gasteiger partial charge in [-0.2, -0.15) is 0 Å². The third kappa shape index (κ3) is 4.87. The summed E-state index contributed by atoms with van der Waals surface area (Å²) in [6, 6.07) is 5.81. The lowest BCUT2D eigenvalue weighted by Crippen LogP contribution is -2.37. The van der Waals surface area contributed by atoms with E-state index in [-0.39, 0.29) is 5.56 Å². The summed E-state index contributed by atoms with van der Waals surface area (Å²) in [6.07, 6.45) is 4.04. The van der Waals surface area contributed by atoms with E-state index in [4.69, 9.17) is 9.47 Å². The van der Waals surface area contributed by atoms with E-state index in [9.17, 15) is 9.59 Å². The summed E-state index contributed by atoms with van der Waals surface area (Å²) in [5, 5.41) is 0. The van der Waals surface area contributed by atoms with Crippen LogP contribution in [0.3, 0.4) is 0 Å². The van der Waals surface area contributed by atoms with Gasteiger partial charge in [0.25, 0.3) is 5.56 Å². The standard InChI is InChI=1S/C22H29BrN4O4/c1-5-7-11-30-16-10-9-15(13-17(16)31-12-8-6-2)14-27-18-19(24-21(27)23)25(3)22(29)26(4)20(18)28/h9-10,13H,5-8,11-12,14H2,1-4H3. The van der Waals surface area contributed by atoms with Crippen molar-refractivity contribution in [1.82, 2.24) is 18.7 Å². The Morgan fingerprint density at radius 1 is 0.968 bits per heavy atom. The summed E-state index contributed by atoms with van der Waals surface area (Å²) >= 11 is 3.44. The Hall–Kier alpha value is -2.55. The third-order valence-corrected chi connectivity index (χ3v) is 5.77. The lowest BCUT2D eigenvalue weighted by Gasteiger charge is -2.15. The lowest BCUT2D eigenvalue weighted by atomic mass is 10.2. The van der Waals surface area contributed by atoms with Crippen LogP contribution in [0.5, 0.6) is 11.5 Å². The average Bonchev–Trinajstić information content (AvgIpc) is 3.08. The molecule has 3 aromatic rings. The minimum atomic E-state index is -0.408. The number of aryl methyl sites for hydroxylation is 1. The van der Waals surface area contributed by atoms with Gasteiger partial charge in [0.2, 0.25) is 0 Å². The van der Waals surface area contributed by atoms with E-state index in [0.717, 1.165) is 41.6 Å². The number of benzene rings is 1. The molecule has 0 radical (unpaired) electrons. The van der Waals surface area contributed by atoms with E-state index < -0.39 is 5.69 Å². The maximum atomic E-state index is 12.8. The Bertz CT molecular complexity index is 1180. The van der Waals surface area contributed by atoms with Crippen LogP contribution in [0.15, 0.2) is 32.5 Å². The molecule has 8 nitrogen and oxygen atoms in total. The van der Waals surface area contributed by atoms with Crippen LogP contribution < -0.4 is 20.7 Å². The number of imidazole rings is 1. The summed E-state index contributed by atoms with van der Waals surface area (Å²) in [7, 11) is 3.08. The maximum Gasteiger partial charge on any atom is 0.332 e. The topological polar surface area (TPSA) is 80.3 Å². The summed E-state index contributed by atoms with van der Waals surface area (Å²) in [4.78, 5) is 29.4. The van der Waals surface area contributed by atoms with E-state index in [0.29, 0.717) is 41.4 Å². The monoisotopic (exact) mass is 492 g/mol. The normalized spacial score (nSPS) is 11.3. The highest BCUT2D eigenvalue weighted by Crippen LogP contribution is 2.30. The van der Waals surface area contributed by atoms with E-state index in [1.165, 1.54) is 11.6 Å². The molecular formula is C22H29BrN4O4. The van der Waals surface area contributed by atoms with Gasteiger partial charge in [0.05, 0.1) is 19.8 Å². The molecule has 0 saturated carbocycles. The fourth-order valence-corrected chi connectivity index (χ4v) is 3.75. The largest absolute Gasteiger partial charge is 0.490 e.